The van der Waals surface area contributed by atoms with E-state index in [0.717, 1.165) is 72.3 Å². The summed E-state index contributed by atoms with van der Waals surface area (Å²) >= 11 is 6.39. The van der Waals surface area contributed by atoms with E-state index in [0.29, 0.717) is 0 Å². The van der Waals surface area contributed by atoms with Crippen LogP contribution in [0.15, 0.2) is 30.5 Å². The summed E-state index contributed by atoms with van der Waals surface area (Å²) in [5.74, 6) is -0.752. The van der Waals surface area contributed by atoms with Gasteiger partial charge in [0.25, 0.3) is 0 Å². The number of carbonyl (C=O) groups is 1. The summed E-state index contributed by atoms with van der Waals surface area (Å²) in [6, 6.07) is 8.24. The summed E-state index contributed by atoms with van der Waals surface area (Å²) in [5, 5.41) is 11.3. The monoisotopic (exact) mass is 485 g/mol. The Balaban J connectivity index is 0.000000383. The van der Waals surface area contributed by atoms with Gasteiger partial charge in [-0.15, -0.1) is 0 Å². The Morgan fingerprint density at radius 3 is 2.45 bits per heavy atom. The highest BCUT2D eigenvalue weighted by Crippen LogP contribution is 2.38. The number of nitrogens with zero attached hydrogens (tertiary/aromatic N) is 2. The normalized spacial score (nSPS) is 16.8. The van der Waals surface area contributed by atoms with Crippen LogP contribution in [0.5, 0.6) is 5.75 Å². The molecule has 2 N–H and O–H groups in total. The molecule has 6 nitrogen and oxygen atoms in total. The highest BCUT2D eigenvalue weighted by molar-refractivity contribution is 6.31. The molecule has 0 aliphatic carbocycles. The van der Waals surface area contributed by atoms with Gasteiger partial charge in [0.2, 0.25) is 0 Å². The molecule has 2 aliphatic rings. The molecule has 0 spiro atoms. The number of anilines is 1. The molecule has 4 rings (SSSR count). The molecule has 10 heteroatoms. The molecule has 180 valence electrons. The number of piperidine rings is 1. The van der Waals surface area contributed by atoms with E-state index in [-0.39, 0.29) is 6.10 Å². The van der Waals surface area contributed by atoms with Crippen molar-refractivity contribution in [3.63, 3.8) is 0 Å². The van der Waals surface area contributed by atoms with Crippen molar-refractivity contribution < 1.29 is 27.8 Å². The van der Waals surface area contributed by atoms with E-state index in [2.05, 4.69) is 34.3 Å². The summed E-state index contributed by atoms with van der Waals surface area (Å²) in [5.41, 5.74) is 3.28. The highest BCUT2D eigenvalue weighted by atomic mass is 35.5. The number of aliphatic carboxylic acids is 1. The number of pyridine rings is 1. The topological polar surface area (TPSA) is 74.7 Å². The maximum Gasteiger partial charge on any atom is 0.490 e. The van der Waals surface area contributed by atoms with Crippen LogP contribution < -0.4 is 15.0 Å². The van der Waals surface area contributed by atoms with E-state index < -0.39 is 12.1 Å². The van der Waals surface area contributed by atoms with Gasteiger partial charge < -0.3 is 20.1 Å². The first-order valence-corrected chi connectivity index (χ1v) is 11.2. The number of halogens is 4. The summed E-state index contributed by atoms with van der Waals surface area (Å²) in [7, 11) is 0. The van der Waals surface area contributed by atoms with Gasteiger partial charge in [0.15, 0.2) is 0 Å². The largest absolute Gasteiger partial charge is 0.490 e. The second kappa shape index (κ2) is 11.1. The van der Waals surface area contributed by atoms with Crippen molar-refractivity contribution >= 4 is 23.4 Å². The fourth-order valence-electron chi connectivity index (χ4n) is 3.89. The van der Waals surface area contributed by atoms with Crippen molar-refractivity contribution in [2.45, 2.75) is 44.9 Å². The van der Waals surface area contributed by atoms with Gasteiger partial charge in [-0.05, 0) is 81.1 Å². The van der Waals surface area contributed by atoms with Crippen LogP contribution in [-0.4, -0.2) is 54.5 Å². The van der Waals surface area contributed by atoms with Gasteiger partial charge in [-0.3, -0.25) is 0 Å². The number of rotatable bonds is 4. The van der Waals surface area contributed by atoms with Gasteiger partial charge in [-0.25, -0.2) is 9.78 Å². The predicted octanol–water partition coefficient (Wildman–Crippen LogP) is 5.07. The summed E-state index contributed by atoms with van der Waals surface area (Å²) < 4.78 is 38.2. The minimum absolute atomic E-state index is 0.259. The van der Waals surface area contributed by atoms with E-state index in [4.69, 9.17) is 26.2 Å². The van der Waals surface area contributed by atoms with Gasteiger partial charge in [0.1, 0.15) is 17.7 Å². The molecule has 1 aromatic carbocycles. The minimum Gasteiger partial charge on any atom is -0.489 e. The van der Waals surface area contributed by atoms with Crippen LogP contribution in [0.25, 0.3) is 11.1 Å². The van der Waals surface area contributed by atoms with Crippen molar-refractivity contribution in [2.75, 3.05) is 31.1 Å². The van der Waals surface area contributed by atoms with Gasteiger partial charge in [-0.2, -0.15) is 13.2 Å². The minimum atomic E-state index is -5.08. The van der Waals surface area contributed by atoms with Crippen molar-refractivity contribution in [3.8, 4) is 16.9 Å². The van der Waals surface area contributed by atoms with Crippen molar-refractivity contribution in [2.24, 2.45) is 0 Å². The van der Waals surface area contributed by atoms with E-state index in [9.17, 15) is 13.2 Å². The van der Waals surface area contributed by atoms with Gasteiger partial charge >= 0.3 is 12.1 Å². The Morgan fingerprint density at radius 2 is 1.85 bits per heavy atom. The number of hydrogen-bond acceptors (Lipinski definition) is 5. The van der Waals surface area contributed by atoms with Gasteiger partial charge in [-0.1, -0.05) is 11.6 Å². The number of aromatic nitrogens is 1. The molecule has 33 heavy (non-hydrogen) atoms. The number of ether oxygens (including phenoxy) is 1. The fourth-order valence-corrected chi connectivity index (χ4v) is 4.16. The summed E-state index contributed by atoms with van der Waals surface area (Å²) in [6.07, 6.45) is 1.63. The average molecular weight is 486 g/mol. The summed E-state index contributed by atoms with van der Waals surface area (Å²) in [4.78, 5) is 15.8. The van der Waals surface area contributed by atoms with E-state index >= 15 is 0 Å². The quantitative estimate of drug-likeness (QED) is 0.629. The summed E-state index contributed by atoms with van der Waals surface area (Å²) in [6.45, 7) is 6.28. The maximum atomic E-state index is 10.6. The molecule has 0 saturated carbocycles. The Bertz CT molecular complexity index is 960. The first-order valence-electron chi connectivity index (χ1n) is 10.8. The van der Waals surface area contributed by atoms with Crippen LogP contribution in [0.2, 0.25) is 5.02 Å². The Morgan fingerprint density at radius 1 is 1.21 bits per heavy atom. The third kappa shape index (κ3) is 6.98. The first kappa shape index (κ1) is 25.1. The molecule has 2 saturated heterocycles. The van der Waals surface area contributed by atoms with Crippen LogP contribution in [0, 0.1) is 6.92 Å². The molecule has 1 aromatic heterocycles. The Kier molecular flexibility index (Phi) is 8.42. The molecule has 0 bridgehead atoms. The number of hydrogen-bond donors (Lipinski definition) is 2. The molecule has 0 unspecified atom stereocenters. The zero-order valence-electron chi connectivity index (χ0n) is 18.3. The standard InChI is InChI=1S/C21H26ClN3O.C2HF3O2/c1-15-12-17(22)14-19(21(15)26-18-5-7-23-8-6-18)16-4-9-24-20(13-16)25-10-2-3-11-25;3-2(4,5)1(6)7/h4,9,12-14,18,23H,2-3,5-8,10-11H2,1H3;(H,6,7). The molecule has 0 radical (unpaired) electrons. The second-order valence-electron chi connectivity index (χ2n) is 8.07. The lowest BCUT2D eigenvalue weighted by molar-refractivity contribution is -0.192. The molecule has 2 fully saturated rings. The lowest BCUT2D eigenvalue weighted by atomic mass is 10.0. The number of alkyl halides is 3. The average Bonchev–Trinajstić information content (AvgIpc) is 3.31. The number of carboxylic acid groups (broad SMARTS) is 1. The number of aryl methyl sites for hydroxylation is 1. The van der Waals surface area contributed by atoms with Gasteiger partial charge in [0.05, 0.1) is 0 Å². The van der Waals surface area contributed by atoms with Crippen LogP contribution in [0.3, 0.4) is 0 Å². The predicted molar refractivity (Wildman–Crippen MR) is 121 cm³/mol. The highest BCUT2D eigenvalue weighted by Gasteiger charge is 2.38. The number of nitrogens with one attached hydrogen (secondary N) is 1. The molecular weight excluding hydrogens is 459 g/mol. The first-order chi connectivity index (χ1) is 15.6. The lowest BCUT2D eigenvalue weighted by Gasteiger charge is -2.26. The fraction of sp³-hybridized carbons (Fsp3) is 0.478. The second-order valence-corrected chi connectivity index (χ2v) is 8.50. The Hall–Kier alpha value is -2.52. The molecular formula is C23H27ClF3N3O3. The molecule has 0 atom stereocenters. The third-order valence-electron chi connectivity index (χ3n) is 5.54. The molecule has 2 aliphatic heterocycles. The molecule has 0 amide bonds. The van der Waals surface area contributed by atoms with Crippen LogP contribution >= 0.6 is 11.6 Å². The van der Waals surface area contributed by atoms with E-state index in [1.165, 1.54) is 12.8 Å². The van der Waals surface area contributed by atoms with Crippen LogP contribution in [0.4, 0.5) is 19.0 Å². The maximum absolute atomic E-state index is 10.6. The smallest absolute Gasteiger partial charge is 0.489 e. The van der Waals surface area contributed by atoms with E-state index in [1.807, 2.05) is 18.3 Å². The van der Waals surface area contributed by atoms with Crippen molar-refractivity contribution in [1.29, 1.82) is 0 Å². The lowest BCUT2D eigenvalue weighted by Crippen LogP contribution is -2.34. The van der Waals surface area contributed by atoms with Crippen molar-refractivity contribution in [3.05, 3.63) is 41.0 Å². The van der Waals surface area contributed by atoms with E-state index in [1.54, 1.807) is 0 Å². The van der Waals surface area contributed by atoms with Crippen LogP contribution in [0.1, 0.15) is 31.2 Å². The molecule has 2 aromatic rings. The third-order valence-corrected chi connectivity index (χ3v) is 5.76. The zero-order chi connectivity index (χ0) is 24.0. The van der Waals surface area contributed by atoms with Gasteiger partial charge in [0, 0.05) is 29.9 Å². The number of benzene rings is 1. The SMILES string of the molecule is Cc1cc(Cl)cc(-c2ccnc(N3CCCC3)c2)c1OC1CCNCC1.O=C(O)C(F)(F)F. The van der Waals surface area contributed by atoms with Crippen molar-refractivity contribution in [1.82, 2.24) is 10.3 Å². The zero-order valence-corrected chi connectivity index (χ0v) is 19.0. The molecule has 3 heterocycles. The number of carboxylic acids is 1. The Labute approximate surface area is 195 Å². The van der Waals surface area contributed by atoms with Crippen LogP contribution in [-0.2, 0) is 4.79 Å².